The highest BCUT2D eigenvalue weighted by atomic mass is 32.2. The van der Waals surface area contributed by atoms with E-state index in [0.717, 1.165) is 59.5 Å². The minimum atomic E-state index is -0.986. The van der Waals surface area contributed by atoms with Crippen LogP contribution >= 0.6 is 11.8 Å². The molecule has 3 aliphatic rings. The van der Waals surface area contributed by atoms with Gasteiger partial charge in [0.2, 0.25) is 0 Å². The molecule has 0 aliphatic carbocycles. The molecule has 4 heterocycles. The summed E-state index contributed by atoms with van der Waals surface area (Å²) < 4.78 is 18.6. The fourth-order valence-corrected chi connectivity index (χ4v) is 5.92. The molecule has 1 amide bonds. The number of rotatable bonds is 3. The molecule has 1 fully saturated rings. The van der Waals surface area contributed by atoms with Gasteiger partial charge in [-0.2, -0.15) is 0 Å². The second-order valence-corrected chi connectivity index (χ2v) is 11.7. The zero-order valence-electron chi connectivity index (χ0n) is 22.2. The van der Waals surface area contributed by atoms with Crippen LogP contribution in [0.15, 0.2) is 23.4 Å². The van der Waals surface area contributed by atoms with Gasteiger partial charge in [0.05, 0.1) is 31.6 Å². The first-order valence-corrected chi connectivity index (χ1v) is 14.0. The van der Waals surface area contributed by atoms with E-state index >= 15 is 0 Å². The van der Waals surface area contributed by atoms with Crippen LogP contribution in [0.5, 0.6) is 0 Å². The topological polar surface area (TPSA) is 97.3 Å². The number of nitrogens with zero attached hydrogens (tertiary/aromatic N) is 4. The summed E-state index contributed by atoms with van der Waals surface area (Å²) in [6.07, 6.45) is 2.37. The molecular formula is C27H36N4O5S. The first kappa shape index (κ1) is 26.2. The van der Waals surface area contributed by atoms with E-state index in [1.165, 1.54) is 16.7 Å². The van der Waals surface area contributed by atoms with E-state index < -0.39 is 17.2 Å². The summed E-state index contributed by atoms with van der Waals surface area (Å²) in [5.41, 5.74) is 3.24. The second kappa shape index (κ2) is 10.1. The Morgan fingerprint density at radius 2 is 2.05 bits per heavy atom. The summed E-state index contributed by atoms with van der Waals surface area (Å²) >= 11 is 1.53. The van der Waals surface area contributed by atoms with Gasteiger partial charge in [0, 0.05) is 42.9 Å². The number of carbonyl (C=O) groups is 1. The fourth-order valence-electron chi connectivity index (χ4n) is 5.54. The van der Waals surface area contributed by atoms with Crippen molar-refractivity contribution in [1.29, 1.82) is 0 Å². The van der Waals surface area contributed by atoms with Gasteiger partial charge in [-0.15, -0.1) is 0 Å². The van der Waals surface area contributed by atoms with Crippen LogP contribution < -0.4 is 9.80 Å². The Hall–Kier alpha value is -2.40. The Kier molecular flexibility index (Phi) is 7.12. The number of thioether (sulfide) groups is 1. The quantitative estimate of drug-likeness (QED) is 0.446. The molecule has 10 heteroatoms. The maximum absolute atomic E-state index is 12.2. The number of hydrogen-bond acceptors (Lipinski definition) is 8. The van der Waals surface area contributed by atoms with Crippen molar-refractivity contribution in [1.82, 2.24) is 9.97 Å². The maximum Gasteiger partial charge on any atom is 0.412 e. The Labute approximate surface area is 222 Å². The number of amides is 1. The van der Waals surface area contributed by atoms with Gasteiger partial charge >= 0.3 is 6.09 Å². The van der Waals surface area contributed by atoms with E-state index in [9.17, 15) is 9.90 Å². The zero-order valence-corrected chi connectivity index (χ0v) is 23.1. The van der Waals surface area contributed by atoms with Crippen LogP contribution in [0, 0.1) is 0 Å². The van der Waals surface area contributed by atoms with Gasteiger partial charge in [0.1, 0.15) is 11.4 Å². The molecule has 1 aromatic carbocycles. The van der Waals surface area contributed by atoms with Crippen molar-refractivity contribution < 1.29 is 24.1 Å². The molecule has 0 unspecified atom stereocenters. The van der Waals surface area contributed by atoms with Gasteiger partial charge in [-0.1, -0.05) is 17.8 Å². The molecule has 1 aromatic heterocycles. The molecule has 9 nitrogen and oxygen atoms in total. The summed E-state index contributed by atoms with van der Waals surface area (Å²) in [5.74, 6) is 0.929. The molecule has 2 aromatic rings. The number of benzene rings is 1. The lowest BCUT2D eigenvalue weighted by atomic mass is 9.80. The van der Waals surface area contributed by atoms with Crippen LogP contribution in [-0.4, -0.2) is 65.9 Å². The van der Waals surface area contributed by atoms with Gasteiger partial charge in [-0.3, -0.25) is 4.90 Å². The predicted octanol–water partition coefficient (Wildman–Crippen LogP) is 4.77. The molecule has 0 saturated carbocycles. The van der Waals surface area contributed by atoms with Gasteiger partial charge in [0.15, 0.2) is 5.16 Å². The normalized spacial score (nSPS) is 23.8. The molecule has 200 valence electrons. The molecule has 2 atom stereocenters. The zero-order chi connectivity index (χ0) is 26.4. The lowest BCUT2D eigenvalue weighted by Crippen LogP contribution is -2.47. The SMILES string of the molecule is CSc1nc2c(c(N3CCCOCC3)n1)CO[C@@]1(CO[C@@H](C)c3ccc(N(C(=O)O)C(C)(C)C)cc31)C2. The number of aromatic nitrogens is 2. The number of carboxylic acid groups (broad SMARTS) is 1. The molecule has 0 bridgehead atoms. The van der Waals surface area contributed by atoms with Crippen molar-refractivity contribution in [2.45, 2.75) is 69.5 Å². The van der Waals surface area contributed by atoms with Crippen molar-refractivity contribution >= 4 is 29.4 Å². The molecule has 1 saturated heterocycles. The molecule has 1 spiro atoms. The van der Waals surface area contributed by atoms with E-state index in [-0.39, 0.29) is 6.10 Å². The summed E-state index contributed by atoms with van der Waals surface area (Å²) in [6, 6.07) is 5.82. The van der Waals surface area contributed by atoms with Crippen molar-refractivity contribution in [3.8, 4) is 0 Å². The molecule has 3 aliphatic heterocycles. The Morgan fingerprint density at radius 1 is 1.24 bits per heavy atom. The lowest BCUT2D eigenvalue weighted by Gasteiger charge is -2.45. The predicted molar refractivity (Wildman–Crippen MR) is 143 cm³/mol. The van der Waals surface area contributed by atoms with Crippen LogP contribution in [0.2, 0.25) is 0 Å². The standard InChI is InChI=1S/C27H36N4O5S/c1-17-19-8-7-18(31(25(32)33)26(2,3)4)13-21(19)27(16-35-17)14-22-20(15-36-27)23(29-24(28-22)37-5)30-9-6-11-34-12-10-30/h7-8,13,17H,6,9-12,14-16H2,1-5H3,(H,32,33)/t17-,27+/m0/s1. The highest BCUT2D eigenvalue weighted by Gasteiger charge is 2.46. The Bertz CT molecular complexity index is 1180. The first-order chi connectivity index (χ1) is 17.6. The van der Waals surface area contributed by atoms with E-state index in [2.05, 4.69) is 4.90 Å². The smallest absolute Gasteiger partial charge is 0.412 e. The van der Waals surface area contributed by atoms with Crippen LogP contribution in [0.1, 0.15) is 62.6 Å². The molecule has 5 rings (SSSR count). The lowest BCUT2D eigenvalue weighted by molar-refractivity contribution is -0.148. The van der Waals surface area contributed by atoms with Crippen LogP contribution in [0.3, 0.4) is 0 Å². The third kappa shape index (κ3) is 4.92. The largest absolute Gasteiger partial charge is 0.465 e. The monoisotopic (exact) mass is 528 g/mol. The van der Waals surface area contributed by atoms with Gasteiger partial charge in [-0.05, 0) is 63.6 Å². The van der Waals surface area contributed by atoms with Gasteiger partial charge in [-0.25, -0.2) is 14.8 Å². The maximum atomic E-state index is 12.2. The van der Waals surface area contributed by atoms with Gasteiger partial charge < -0.3 is 24.2 Å². The van der Waals surface area contributed by atoms with E-state index in [1.54, 1.807) is 0 Å². The average molecular weight is 529 g/mol. The number of anilines is 2. The average Bonchev–Trinajstić information content (AvgIpc) is 3.14. The number of fused-ring (bicyclic) bond motifs is 3. The first-order valence-electron chi connectivity index (χ1n) is 12.8. The van der Waals surface area contributed by atoms with Crippen LogP contribution in [-0.2, 0) is 32.8 Å². The summed E-state index contributed by atoms with van der Waals surface area (Å²) in [7, 11) is 0. The van der Waals surface area contributed by atoms with E-state index in [1.807, 2.05) is 52.1 Å². The summed E-state index contributed by atoms with van der Waals surface area (Å²) in [6.45, 7) is 11.5. The second-order valence-electron chi connectivity index (χ2n) is 10.9. The van der Waals surface area contributed by atoms with Crippen LogP contribution in [0.4, 0.5) is 16.3 Å². The molecule has 0 radical (unpaired) electrons. The minimum absolute atomic E-state index is 0.118. The summed E-state index contributed by atoms with van der Waals surface area (Å²) in [5, 5.41) is 10.8. The fraction of sp³-hybridized carbons (Fsp3) is 0.593. The van der Waals surface area contributed by atoms with Crippen molar-refractivity contribution in [2.75, 3.05) is 49.0 Å². The number of hydrogen-bond donors (Lipinski definition) is 1. The third-order valence-corrected chi connectivity index (χ3v) is 7.90. The molecule has 37 heavy (non-hydrogen) atoms. The Morgan fingerprint density at radius 3 is 2.78 bits per heavy atom. The van der Waals surface area contributed by atoms with Crippen LogP contribution in [0.25, 0.3) is 0 Å². The van der Waals surface area contributed by atoms with Crippen molar-refractivity contribution in [3.63, 3.8) is 0 Å². The van der Waals surface area contributed by atoms with E-state index in [4.69, 9.17) is 24.2 Å². The van der Waals surface area contributed by atoms with Gasteiger partial charge in [0.25, 0.3) is 0 Å². The summed E-state index contributed by atoms with van der Waals surface area (Å²) in [4.78, 5) is 25.7. The van der Waals surface area contributed by atoms with E-state index in [0.29, 0.717) is 31.9 Å². The third-order valence-electron chi connectivity index (χ3n) is 7.35. The highest BCUT2D eigenvalue weighted by molar-refractivity contribution is 7.98. The molecule has 1 N–H and O–H groups in total. The molecular weight excluding hydrogens is 492 g/mol. The minimum Gasteiger partial charge on any atom is -0.465 e. The highest BCUT2D eigenvalue weighted by Crippen LogP contribution is 2.47. The van der Waals surface area contributed by atoms with Crippen molar-refractivity contribution in [3.05, 3.63) is 40.6 Å². The Balaban J connectivity index is 1.58. The number of ether oxygens (including phenoxy) is 3. The van der Waals surface area contributed by atoms with Crippen molar-refractivity contribution in [2.24, 2.45) is 0 Å².